The number of nitriles is 1. The van der Waals surface area contributed by atoms with Crippen molar-refractivity contribution >= 4 is 11.6 Å². The lowest BCUT2D eigenvalue weighted by Crippen LogP contribution is -2.39. The van der Waals surface area contributed by atoms with E-state index < -0.39 is 0 Å². The van der Waals surface area contributed by atoms with E-state index in [1.165, 1.54) is 0 Å². The summed E-state index contributed by atoms with van der Waals surface area (Å²) in [5.41, 5.74) is 2.17. The summed E-state index contributed by atoms with van der Waals surface area (Å²) < 4.78 is 5.02. The Labute approximate surface area is 123 Å². The van der Waals surface area contributed by atoms with E-state index in [1.54, 1.807) is 36.8 Å². The molecule has 0 saturated heterocycles. The number of hydrogen-bond donors (Lipinski definition) is 1. The van der Waals surface area contributed by atoms with Gasteiger partial charge in [0.25, 0.3) is 0 Å². The highest BCUT2D eigenvalue weighted by molar-refractivity contribution is 5.94. The number of anilines is 1. The summed E-state index contributed by atoms with van der Waals surface area (Å²) in [6.45, 7) is 2.47. The van der Waals surface area contributed by atoms with E-state index in [0.717, 1.165) is 5.56 Å². The van der Waals surface area contributed by atoms with Crippen molar-refractivity contribution in [2.24, 2.45) is 0 Å². The Balaban J connectivity index is 1.97. The predicted octanol–water partition coefficient (Wildman–Crippen LogP) is 2.61. The molecule has 2 aromatic rings. The van der Waals surface area contributed by atoms with Gasteiger partial charge in [-0.25, -0.2) is 0 Å². The van der Waals surface area contributed by atoms with E-state index in [0.29, 0.717) is 17.8 Å². The summed E-state index contributed by atoms with van der Waals surface area (Å²) in [5.74, 6) is -0.115. The number of hydrogen-bond acceptors (Lipinski definition) is 4. The Hall–Kier alpha value is -2.58. The fourth-order valence-corrected chi connectivity index (χ4v) is 1.92. The van der Waals surface area contributed by atoms with Crippen LogP contribution in [0, 0.1) is 11.3 Å². The van der Waals surface area contributed by atoms with Gasteiger partial charge in [-0.15, -0.1) is 0 Å². The van der Waals surface area contributed by atoms with Crippen molar-refractivity contribution in [1.29, 1.82) is 5.26 Å². The largest absolute Gasteiger partial charge is 0.472 e. The number of carbonyl (C=O) groups is 1. The third kappa shape index (κ3) is 3.94. The molecule has 1 amide bonds. The van der Waals surface area contributed by atoms with Crippen LogP contribution in [-0.4, -0.2) is 23.9 Å². The lowest BCUT2D eigenvalue weighted by Gasteiger charge is -2.23. The Kier molecular flexibility index (Phi) is 4.75. The van der Waals surface area contributed by atoms with Gasteiger partial charge >= 0.3 is 0 Å². The van der Waals surface area contributed by atoms with Crippen molar-refractivity contribution < 1.29 is 9.21 Å². The maximum Gasteiger partial charge on any atom is 0.241 e. The second kappa shape index (κ2) is 6.73. The van der Waals surface area contributed by atoms with Crippen LogP contribution in [0.15, 0.2) is 47.3 Å². The molecular formula is C16H17N3O2. The van der Waals surface area contributed by atoms with Crippen LogP contribution in [0.3, 0.4) is 0 Å². The summed E-state index contributed by atoms with van der Waals surface area (Å²) in [6, 6.07) is 10.5. The predicted molar refractivity (Wildman–Crippen MR) is 79.4 cm³/mol. The van der Waals surface area contributed by atoms with Crippen molar-refractivity contribution in [2.75, 3.05) is 12.4 Å². The first-order valence-electron chi connectivity index (χ1n) is 6.62. The average Bonchev–Trinajstić information content (AvgIpc) is 2.99. The molecule has 0 fully saturated rings. The zero-order valence-electron chi connectivity index (χ0n) is 12.0. The summed E-state index contributed by atoms with van der Waals surface area (Å²) in [4.78, 5) is 14.1. The molecule has 0 spiro atoms. The Morgan fingerprint density at radius 3 is 2.95 bits per heavy atom. The standard InChI is InChI=1S/C16H17N3O2/c1-12(19(2)10-14-6-7-21-11-14)16(20)18-15-5-3-4-13(8-15)9-17/h3-8,11-12H,10H2,1-2H3,(H,18,20). The minimum atomic E-state index is -0.300. The van der Waals surface area contributed by atoms with Crippen LogP contribution in [-0.2, 0) is 11.3 Å². The minimum Gasteiger partial charge on any atom is -0.472 e. The highest BCUT2D eigenvalue weighted by atomic mass is 16.3. The fourth-order valence-electron chi connectivity index (χ4n) is 1.92. The van der Waals surface area contributed by atoms with Crippen LogP contribution in [0.2, 0.25) is 0 Å². The number of likely N-dealkylation sites (N-methyl/N-ethyl adjacent to an activating group) is 1. The third-order valence-electron chi connectivity index (χ3n) is 3.31. The molecule has 5 heteroatoms. The molecule has 5 nitrogen and oxygen atoms in total. The van der Waals surface area contributed by atoms with Gasteiger partial charge in [-0.1, -0.05) is 6.07 Å². The van der Waals surface area contributed by atoms with Crippen LogP contribution >= 0.6 is 0 Å². The van der Waals surface area contributed by atoms with Crippen LogP contribution in [0.1, 0.15) is 18.1 Å². The second-order valence-electron chi connectivity index (χ2n) is 4.90. The molecule has 0 saturated carbocycles. The number of rotatable bonds is 5. The van der Waals surface area contributed by atoms with Crippen molar-refractivity contribution in [3.8, 4) is 6.07 Å². The van der Waals surface area contributed by atoms with Crippen LogP contribution in [0.4, 0.5) is 5.69 Å². The lowest BCUT2D eigenvalue weighted by molar-refractivity contribution is -0.120. The third-order valence-corrected chi connectivity index (χ3v) is 3.31. The van der Waals surface area contributed by atoms with Crippen LogP contribution in [0.5, 0.6) is 0 Å². The number of amides is 1. The zero-order valence-corrected chi connectivity index (χ0v) is 12.0. The summed E-state index contributed by atoms with van der Waals surface area (Å²) in [7, 11) is 1.88. The molecular weight excluding hydrogens is 266 g/mol. The van der Waals surface area contributed by atoms with Gasteiger partial charge in [-0.2, -0.15) is 5.26 Å². The van der Waals surface area contributed by atoms with Gasteiger partial charge < -0.3 is 9.73 Å². The van der Waals surface area contributed by atoms with E-state index in [1.807, 2.05) is 24.9 Å². The molecule has 1 atom stereocenters. The molecule has 108 valence electrons. The number of nitrogens with zero attached hydrogens (tertiary/aromatic N) is 2. The van der Waals surface area contributed by atoms with Crippen molar-refractivity contribution in [3.05, 3.63) is 54.0 Å². The Bertz CT molecular complexity index is 644. The lowest BCUT2D eigenvalue weighted by atomic mass is 10.2. The molecule has 0 aliphatic heterocycles. The number of benzene rings is 1. The molecule has 2 rings (SSSR count). The number of nitrogens with one attached hydrogen (secondary N) is 1. The first kappa shape index (κ1) is 14.8. The highest BCUT2D eigenvalue weighted by Gasteiger charge is 2.18. The Morgan fingerprint density at radius 1 is 1.48 bits per heavy atom. The SMILES string of the molecule is CC(C(=O)Nc1cccc(C#N)c1)N(C)Cc1ccoc1. The molecule has 1 unspecified atom stereocenters. The normalized spacial score (nSPS) is 11.9. The van der Waals surface area contributed by atoms with E-state index in [2.05, 4.69) is 11.4 Å². The molecule has 21 heavy (non-hydrogen) atoms. The van der Waals surface area contributed by atoms with E-state index >= 15 is 0 Å². The fraction of sp³-hybridized carbons (Fsp3) is 0.250. The molecule has 1 heterocycles. The maximum absolute atomic E-state index is 12.2. The Morgan fingerprint density at radius 2 is 2.29 bits per heavy atom. The molecule has 1 aromatic carbocycles. The first-order valence-corrected chi connectivity index (χ1v) is 6.62. The monoisotopic (exact) mass is 283 g/mol. The first-order chi connectivity index (χ1) is 10.1. The van der Waals surface area contributed by atoms with Gasteiger partial charge in [0, 0.05) is 17.8 Å². The topological polar surface area (TPSA) is 69.3 Å². The molecule has 1 aromatic heterocycles. The summed E-state index contributed by atoms with van der Waals surface area (Å²) in [5, 5.41) is 11.7. The van der Waals surface area contributed by atoms with Crippen LogP contribution < -0.4 is 5.32 Å². The maximum atomic E-state index is 12.2. The summed E-state index contributed by atoms with van der Waals surface area (Å²) in [6.07, 6.45) is 3.28. The summed E-state index contributed by atoms with van der Waals surface area (Å²) >= 11 is 0. The van der Waals surface area contributed by atoms with Gasteiger partial charge in [-0.05, 0) is 38.2 Å². The smallest absolute Gasteiger partial charge is 0.241 e. The number of furan rings is 1. The molecule has 0 bridgehead atoms. The number of carbonyl (C=O) groups excluding carboxylic acids is 1. The molecule has 0 aliphatic carbocycles. The highest BCUT2D eigenvalue weighted by Crippen LogP contribution is 2.12. The average molecular weight is 283 g/mol. The zero-order chi connectivity index (χ0) is 15.2. The molecule has 1 N–H and O–H groups in total. The van der Waals surface area contributed by atoms with Crippen molar-refractivity contribution in [2.45, 2.75) is 19.5 Å². The van der Waals surface area contributed by atoms with Gasteiger partial charge in [0.05, 0.1) is 30.2 Å². The quantitative estimate of drug-likeness (QED) is 0.915. The van der Waals surface area contributed by atoms with Gasteiger partial charge in [0.15, 0.2) is 0 Å². The van der Waals surface area contributed by atoms with Gasteiger partial charge in [-0.3, -0.25) is 9.69 Å². The molecule has 0 radical (unpaired) electrons. The van der Waals surface area contributed by atoms with Gasteiger partial charge in [0.1, 0.15) is 0 Å². The van der Waals surface area contributed by atoms with Crippen molar-refractivity contribution in [1.82, 2.24) is 4.90 Å². The van der Waals surface area contributed by atoms with Crippen molar-refractivity contribution in [3.63, 3.8) is 0 Å². The van der Waals surface area contributed by atoms with E-state index in [9.17, 15) is 4.79 Å². The minimum absolute atomic E-state index is 0.115. The molecule has 0 aliphatic rings. The second-order valence-corrected chi connectivity index (χ2v) is 4.90. The van der Waals surface area contributed by atoms with Gasteiger partial charge in [0.2, 0.25) is 5.91 Å². The van der Waals surface area contributed by atoms with Crippen LogP contribution in [0.25, 0.3) is 0 Å². The van der Waals surface area contributed by atoms with E-state index in [4.69, 9.17) is 9.68 Å². The van der Waals surface area contributed by atoms with E-state index in [-0.39, 0.29) is 11.9 Å².